The van der Waals surface area contributed by atoms with Crippen molar-refractivity contribution in [1.29, 1.82) is 0 Å². The largest absolute Gasteiger partial charge is 0.475 e. The summed E-state index contributed by atoms with van der Waals surface area (Å²) in [5, 5.41) is 9.73. The summed E-state index contributed by atoms with van der Waals surface area (Å²) in [6.07, 6.45) is 2.72. The number of aliphatic hydroxyl groups excluding tert-OH is 1. The SMILES string of the molecule is C=CN=C(C=C)OCC(O)COCCCS(OC)(OC)OC. The number of nitrogens with zero attached hydrogens (tertiary/aromatic N) is 1. The lowest BCUT2D eigenvalue weighted by Crippen LogP contribution is -2.24. The third-order valence-corrected chi connectivity index (χ3v) is 4.88. The Kier molecular flexibility index (Phi) is 12.1. The van der Waals surface area contributed by atoms with E-state index in [4.69, 9.17) is 22.0 Å². The minimum Gasteiger partial charge on any atom is -0.475 e. The lowest BCUT2D eigenvalue weighted by Gasteiger charge is -2.33. The van der Waals surface area contributed by atoms with Gasteiger partial charge in [0, 0.05) is 18.6 Å². The molecule has 1 N–H and O–H groups in total. The summed E-state index contributed by atoms with van der Waals surface area (Å²) in [5.41, 5.74) is 0. The third kappa shape index (κ3) is 8.52. The number of aliphatic hydroxyl groups is 1. The molecule has 0 spiro atoms. The summed E-state index contributed by atoms with van der Waals surface area (Å²) in [6, 6.07) is 0. The molecule has 0 saturated heterocycles. The molecule has 0 aliphatic rings. The normalized spacial score (nSPS) is 14.5. The lowest BCUT2D eigenvalue weighted by atomic mass is 10.4. The molecule has 1 atom stereocenters. The fourth-order valence-corrected chi connectivity index (χ4v) is 2.86. The van der Waals surface area contributed by atoms with Gasteiger partial charge in [0.25, 0.3) is 0 Å². The molecular formula is C14H27NO6S. The topological polar surface area (TPSA) is 78.7 Å². The first kappa shape index (κ1) is 21.1. The minimum atomic E-state index is -1.95. The van der Waals surface area contributed by atoms with E-state index in [1.54, 1.807) is 21.3 Å². The Labute approximate surface area is 134 Å². The molecule has 8 heteroatoms. The molecule has 0 heterocycles. The van der Waals surface area contributed by atoms with Gasteiger partial charge in [-0.05, 0) is 12.5 Å². The van der Waals surface area contributed by atoms with Gasteiger partial charge in [0.05, 0.1) is 38.8 Å². The maximum Gasteiger partial charge on any atom is 0.212 e. The van der Waals surface area contributed by atoms with Crippen molar-refractivity contribution in [3.63, 3.8) is 0 Å². The van der Waals surface area contributed by atoms with Gasteiger partial charge in [-0.3, -0.25) is 12.5 Å². The lowest BCUT2D eigenvalue weighted by molar-refractivity contribution is 0.00993. The molecule has 22 heavy (non-hydrogen) atoms. The third-order valence-electron chi connectivity index (χ3n) is 2.57. The van der Waals surface area contributed by atoms with Crippen molar-refractivity contribution in [2.45, 2.75) is 12.5 Å². The highest BCUT2D eigenvalue weighted by Crippen LogP contribution is 2.49. The van der Waals surface area contributed by atoms with Gasteiger partial charge in [-0.25, -0.2) is 4.99 Å². The van der Waals surface area contributed by atoms with Gasteiger partial charge in [-0.2, -0.15) is 0 Å². The first-order valence-electron chi connectivity index (χ1n) is 6.75. The standard InChI is InChI=1S/C14H27NO6S/c1-6-14(15-7-2)21-12-13(16)11-20-9-8-10-22(17-3,18-4)19-5/h6-7,13,16H,1-2,8-12H2,3-5H3. The number of ether oxygens (including phenoxy) is 2. The first-order chi connectivity index (χ1) is 10.6. The van der Waals surface area contributed by atoms with E-state index in [0.717, 1.165) is 0 Å². The Morgan fingerprint density at radius 3 is 2.32 bits per heavy atom. The molecule has 0 aromatic rings. The smallest absolute Gasteiger partial charge is 0.212 e. The van der Waals surface area contributed by atoms with Crippen LogP contribution in [0.25, 0.3) is 0 Å². The highest BCUT2D eigenvalue weighted by molar-refractivity contribution is 8.21. The number of aliphatic imine (C=N–C) groups is 1. The molecule has 0 saturated carbocycles. The molecule has 7 nitrogen and oxygen atoms in total. The van der Waals surface area contributed by atoms with E-state index in [1.807, 2.05) is 0 Å². The Morgan fingerprint density at radius 2 is 1.82 bits per heavy atom. The molecule has 0 aromatic carbocycles. The van der Waals surface area contributed by atoms with Gasteiger partial charge in [0.15, 0.2) is 0 Å². The van der Waals surface area contributed by atoms with Gasteiger partial charge in [0.2, 0.25) is 5.90 Å². The zero-order valence-corrected chi connectivity index (χ0v) is 14.3. The molecule has 130 valence electrons. The Bertz CT molecular complexity index is 338. The van der Waals surface area contributed by atoms with Crippen LogP contribution in [0.15, 0.2) is 30.4 Å². The molecular weight excluding hydrogens is 310 g/mol. The average molecular weight is 337 g/mol. The van der Waals surface area contributed by atoms with Crippen molar-refractivity contribution in [1.82, 2.24) is 0 Å². The van der Waals surface area contributed by atoms with E-state index < -0.39 is 17.0 Å². The van der Waals surface area contributed by atoms with Gasteiger partial charge >= 0.3 is 0 Å². The molecule has 0 rings (SSSR count). The molecule has 0 aliphatic carbocycles. The van der Waals surface area contributed by atoms with E-state index >= 15 is 0 Å². The predicted molar refractivity (Wildman–Crippen MR) is 88.7 cm³/mol. The van der Waals surface area contributed by atoms with Crippen LogP contribution in [0.5, 0.6) is 0 Å². The Morgan fingerprint density at radius 1 is 1.18 bits per heavy atom. The van der Waals surface area contributed by atoms with Crippen molar-refractivity contribution < 1.29 is 27.1 Å². The van der Waals surface area contributed by atoms with Crippen molar-refractivity contribution in [3.05, 3.63) is 25.4 Å². The van der Waals surface area contributed by atoms with E-state index in [2.05, 4.69) is 18.2 Å². The van der Waals surface area contributed by atoms with Crippen molar-refractivity contribution in [2.75, 3.05) is 46.9 Å². The first-order valence-corrected chi connectivity index (χ1v) is 8.32. The zero-order chi connectivity index (χ0) is 16.8. The van der Waals surface area contributed by atoms with Crippen LogP contribution >= 0.6 is 10.9 Å². The van der Waals surface area contributed by atoms with Crippen LogP contribution in [-0.4, -0.2) is 64.0 Å². The zero-order valence-electron chi connectivity index (χ0n) is 13.5. The molecule has 0 aliphatic heterocycles. The maximum absolute atomic E-state index is 9.73. The van der Waals surface area contributed by atoms with E-state index in [-0.39, 0.29) is 13.2 Å². The van der Waals surface area contributed by atoms with Crippen LogP contribution in [0.3, 0.4) is 0 Å². The molecule has 0 bridgehead atoms. The van der Waals surface area contributed by atoms with Crippen LogP contribution in [0.1, 0.15) is 6.42 Å². The summed E-state index contributed by atoms with van der Waals surface area (Å²) < 4.78 is 26.4. The molecule has 0 aromatic heterocycles. The summed E-state index contributed by atoms with van der Waals surface area (Å²) in [5.74, 6) is 0.901. The van der Waals surface area contributed by atoms with Gasteiger partial charge in [0.1, 0.15) is 12.7 Å². The van der Waals surface area contributed by atoms with Crippen LogP contribution < -0.4 is 0 Å². The fraction of sp³-hybridized carbons (Fsp3) is 0.643. The molecule has 0 radical (unpaired) electrons. The monoisotopic (exact) mass is 337 g/mol. The van der Waals surface area contributed by atoms with Gasteiger partial charge in [-0.1, -0.05) is 13.2 Å². The second-order valence-corrected chi connectivity index (χ2v) is 6.53. The van der Waals surface area contributed by atoms with Crippen LogP contribution in [0.2, 0.25) is 0 Å². The van der Waals surface area contributed by atoms with E-state index in [9.17, 15) is 5.11 Å². The molecule has 0 amide bonds. The summed E-state index contributed by atoms with van der Waals surface area (Å²) in [4.78, 5) is 3.83. The molecule has 1 unspecified atom stereocenters. The summed E-state index contributed by atoms with van der Waals surface area (Å²) in [7, 11) is 2.70. The predicted octanol–water partition coefficient (Wildman–Crippen LogP) is 1.99. The highest BCUT2D eigenvalue weighted by Gasteiger charge is 2.22. The second-order valence-electron chi connectivity index (χ2n) is 4.01. The van der Waals surface area contributed by atoms with Gasteiger partial charge < -0.3 is 14.6 Å². The van der Waals surface area contributed by atoms with Crippen molar-refractivity contribution >= 4 is 16.8 Å². The quantitative estimate of drug-likeness (QED) is 0.314. The van der Waals surface area contributed by atoms with Crippen LogP contribution in [-0.2, 0) is 22.0 Å². The second kappa shape index (κ2) is 12.6. The average Bonchev–Trinajstić information content (AvgIpc) is 2.55. The minimum absolute atomic E-state index is 0.0715. The van der Waals surface area contributed by atoms with Gasteiger partial charge in [-0.15, -0.1) is 0 Å². The maximum atomic E-state index is 9.73. The van der Waals surface area contributed by atoms with Crippen LogP contribution in [0, 0.1) is 0 Å². The summed E-state index contributed by atoms with van der Waals surface area (Å²) >= 11 is 0. The number of hydrogen-bond acceptors (Lipinski definition) is 7. The fourth-order valence-electron chi connectivity index (χ4n) is 1.48. The number of rotatable bonds is 13. The van der Waals surface area contributed by atoms with Crippen molar-refractivity contribution in [3.8, 4) is 0 Å². The number of hydrogen-bond donors (Lipinski definition) is 1. The Balaban J connectivity index is 3.85. The Hall–Kier alpha value is -0.900. The van der Waals surface area contributed by atoms with E-state index in [0.29, 0.717) is 24.7 Å². The van der Waals surface area contributed by atoms with Crippen LogP contribution in [0.4, 0.5) is 0 Å². The van der Waals surface area contributed by atoms with Crippen molar-refractivity contribution in [2.24, 2.45) is 4.99 Å². The highest BCUT2D eigenvalue weighted by atomic mass is 32.3. The molecule has 0 fully saturated rings. The van der Waals surface area contributed by atoms with E-state index in [1.165, 1.54) is 12.3 Å². The summed E-state index contributed by atoms with van der Waals surface area (Å²) in [6.45, 7) is 7.68.